The van der Waals surface area contributed by atoms with Crippen LogP contribution in [-0.2, 0) is 11.2 Å². The second kappa shape index (κ2) is 7.04. The summed E-state index contributed by atoms with van der Waals surface area (Å²) < 4.78 is 13.0. The Morgan fingerprint density at radius 1 is 1.16 bits per heavy atom. The first kappa shape index (κ1) is 17.1. The largest absolute Gasteiger partial charge is 0.368 e. The summed E-state index contributed by atoms with van der Waals surface area (Å²) in [4.78, 5) is 35.3. The van der Waals surface area contributed by atoms with E-state index in [1.165, 1.54) is 12.1 Å². The predicted molar refractivity (Wildman–Crippen MR) is 93.2 cm³/mol. The zero-order chi connectivity index (χ0) is 18.0. The van der Waals surface area contributed by atoms with Crippen LogP contribution < -0.4 is 10.5 Å². The number of H-pyrrole nitrogens is 1. The number of hydrogen-bond acceptors (Lipinski definition) is 4. The van der Waals surface area contributed by atoms with Gasteiger partial charge in [0, 0.05) is 43.1 Å². The normalized spacial score (nSPS) is 14.7. The summed E-state index contributed by atoms with van der Waals surface area (Å²) in [7, 11) is 0. The third-order valence-electron chi connectivity index (χ3n) is 4.49. The second-order valence-electron chi connectivity index (χ2n) is 6.24. The van der Waals surface area contributed by atoms with Gasteiger partial charge in [0.15, 0.2) is 0 Å². The Hall–Kier alpha value is -2.70. The first-order valence-electron chi connectivity index (χ1n) is 8.29. The molecule has 1 fully saturated rings. The number of piperazine rings is 1. The number of amides is 1. The van der Waals surface area contributed by atoms with Crippen LogP contribution in [0.1, 0.15) is 17.1 Å². The van der Waals surface area contributed by atoms with E-state index in [9.17, 15) is 14.0 Å². The van der Waals surface area contributed by atoms with E-state index in [4.69, 9.17) is 0 Å². The number of benzene rings is 1. The molecule has 0 unspecified atom stereocenters. The highest BCUT2D eigenvalue weighted by Crippen LogP contribution is 2.17. The Bertz CT molecular complexity index is 824. The summed E-state index contributed by atoms with van der Waals surface area (Å²) in [5.74, 6) is 0.217. The van der Waals surface area contributed by atoms with E-state index in [-0.39, 0.29) is 23.7 Å². The molecule has 132 valence electrons. The lowest BCUT2D eigenvalue weighted by atomic mass is 10.1. The summed E-state index contributed by atoms with van der Waals surface area (Å²) in [6, 6.07) is 6.36. The SMILES string of the molecule is Cc1nc(C)c(CC(=O)N2CCN(c3ccc(F)cc3)CC2)c(=O)[nH]1. The summed E-state index contributed by atoms with van der Waals surface area (Å²) in [5, 5.41) is 0. The van der Waals surface area contributed by atoms with Crippen molar-refractivity contribution in [3.05, 3.63) is 57.5 Å². The molecule has 2 aromatic rings. The molecule has 1 aromatic heterocycles. The van der Waals surface area contributed by atoms with Gasteiger partial charge in [-0.1, -0.05) is 0 Å². The van der Waals surface area contributed by atoms with Gasteiger partial charge in [-0.3, -0.25) is 9.59 Å². The zero-order valence-corrected chi connectivity index (χ0v) is 14.4. The highest BCUT2D eigenvalue weighted by Gasteiger charge is 2.23. The quantitative estimate of drug-likeness (QED) is 0.914. The van der Waals surface area contributed by atoms with Crippen molar-refractivity contribution >= 4 is 11.6 Å². The van der Waals surface area contributed by atoms with Gasteiger partial charge in [-0.2, -0.15) is 0 Å². The van der Waals surface area contributed by atoms with E-state index in [2.05, 4.69) is 14.9 Å². The van der Waals surface area contributed by atoms with Crippen molar-refractivity contribution in [2.45, 2.75) is 20.3 Å². The second-order valence-corrected chi connectivity index (χ2v) is 6.24. The van der Waals surface area contributed by atoms with E-state index in [0.717, 1.165) is 5.69 Å². The fourth-order valence-corrected chi connectivity index (χ4v) is 3.09. The number of rotatable bonds is 3. The molecule has 1 aliphatic rings. The van der Waals surface area contributed by atoms with E-state index >= 15 is 0 Å². The molecular formula is C18H21FN4O2. The first-order chi connectivity index (χ1) is 11.9. The molecule has 6 nitrogen and oxygen atoms in total. The number of halogens is 1. The highest BCUT2D eigenvalue weighted by molar-refractivity contribution is 5.79. The number of carbonyl (C=O) groups is 1. The Labute approximate surface area is 145 Å². The van der Waals surface area contributed by atoms with Crippen molar-refractivity contribution in [2.75, 3.05) is 31.1 Å². The molecule has 3 rings (SSSR count). The summed E-state index contributed by atoms with van der Waals surface area (Å²) in [6.45, 7) is 5.97. The average Bonchev–Trinajstić information content (AvgIpc) is 2.59. The third kappa shape index (κ3) is 3.87. The van der Waals surface area contributed by atoms with Crippen molar-refractivity contribution in [3.8, 4) is 0 Å². The van der Waals surface area contributed by atoms with Crippen LogP contribution in [0.3, 0.4) is 0 Å². The van der Waals surface area contributed by atoms with E-state index in [0.29, 0.717) is 43.3 Å². The minimum atomic E-state index is -0.259. The average molecular weight is 344 g/mol. The lowest BCUT2D eigenvalue weighted by Gasteiger charge is -2.36. The molecule has 7 heteroatoms. The van der Waals surface area contributed by atoms with Crippen molar-refractivity contribution in [1.29, 1.82) is 0 Å². The van der Waals surface area contributed by atoms with Crippen LogP contribution in [0, 0.1) is 19.7 Å². The van der Waals surface area contributed by atoms with Gasteiger partial charge in [0.05, 0.1) is 6.42 Å². The molecule has 0 radical (unpaired) electrons. The van der Waals surface area contributed by atoms with E-state index in [1.54, 1.807) is 30.9 Å². The first-order valence-corrected chi connectivity index (χ1v) is 8.29. The molecule has 1 N–H and O–H groups in total. The number of aromatic nitrogens is 2. The number of aromatic amines is 1. The summed E-state index contributed by atoms with van der Waals surface area (Å²) >= 11 is 0. The number of nitrogens with one attached hydrogen (secondary N) is 1. The molecular weight excluding hydrogens is 323 g/mol. The van der Waals surface area contributed by atoms with Crippen molar-refractivity contribution in [3.63, 3.8) is 0 Å². The monoisotopic (exact) mass is 344 g/mol. The molecule has 1 aromatic carbocycles. The van der Waals surface area contributed by atoms with Gasteiger partial charge in [-0.05, 0) is 38.1 Å². The molecule has 0 saturated carbocycles. The lowest BCUT2D eigenvalue weighted by Crippen LogP contribution is -2.49. The third-order valence-corrected chi connectivity index (χ3v) is 4.49. The van der Waals surface area contributed by atoms with Gasteiger partial charge in [-0.25, -0.2) is 9.37 Å². The van der Waals surface area contributed by atoms with Crippen molar-refractivity contribution < 1.29 is 9.18 Å². The Kier molecular flexibility index (Phi) is 4.83. The molecule has 0 bridgehead atoms. The maximum absolute atomic E-state index is 13.0. The lowest BCUT2D eigenvalue weighted by molar-refractivity contribution is -0.130. The highest BCUT2D eigenvalue weighted by atomic mass is 19.1. The molecule has 1 saturated heterocycles. The molecule has 0 atom stereocenters. The number of anilines is 1. The van der Waals surface area contributed by atoms with Gasteiger partial charge in [0.25, 0.3) is 5.56 Å². The van der Waals surface area contributed by atoms with Crippen molar-refractivity contribution in [1.82, 2.24) is 14.9 Å². The topological polar surface area (TPSA) is 69.3 Å². The number of carbonyl (C=O) groups excluding carboxylic acids is 1. The number of aryl methyl sites for hydroxylation is 2. The Morgan fingerprint density at radius 3 is 2.40 bits per heavy atom. The van der Waals surface area contributed by atoms with Crippen LogP contribution in [-0.4, -0.2) is 47.0 Å². The molecule has 0 spiro atoms. The Balaban J connectivity index is 1.62. The predicted octanol–water partition coefficient (Wildman–Crippen LogP) is 1.42. The smallest absolute Gasteiger partial charge is 0.254 e. The van der Waals surface area contributed by atoms with Gasteiger partial charge < -0.3 is 14.8 Å². The number of nitrogens with zero attached hydrogens (tertiary/aromatic N) is 3. The van der Waals surface area contributed by atoms with Crippen LogP contribution >= 0.6 is 0 Å². The van der Waals surface area contributed by atoms with Crippen LogP contribution in [0.2, 0.25) is 0 Å². The van der Waals surface area contributed by atoms with Gasteiger partial charge in [0.1, 0.15) is 11.6 Å². The van der Waals surface area contributed by atoms with Gasteiger partial charge in [-0.15, -0.1) is 0 Å². The van der Waals surface area contributed by atoms with Gasteiger partial charge >= 0.3 is 0 Å². The van der Waals surface area contributed by atoms with Crippen molar-refractivity contribution in [2.24, 2.45) is 0 Å². The van der Waals surface area contributed by atoms with E-state index in [1.807, 2.05) is 0 Å². The number of hydrogen-bond donors (Lipinski definition) is 1. The van der Waals surface area contributed by atoms with Gasteiger partial charge in [0.2, 0.25) is 5.91 Å². The van der Waals surface area contributed by atoms with Crippen LogP contribution in [0.15, 0.2) is 29.1 Å². The molecule has 0 aliphatic carbocycles. The summed E-state index contributed by atoms with van der Waals surface area (Å²) in [5.41, 5.74) is 1.72. The Morgan fingerprint density at radius 2 is 1.80 bits per heavy atom. The maximum atomic E-state index is 13.0. The van der Waals surface area contributed by atoms with Crippen LogP contribution in [0.4, 0.5) is 10.1 Å². The summed E-state index contributed by atoms with van der Waals surface area (Å²) in [6.07, 6.45) is 0.0605. The minimum absolute atomic E-state index is 0.0605. The molecule has 1 aliphatic heterocycles. The van der Waals surface area contributed by atoms with Crippen LogP contribution in [0.25, 0.3) is 0 Å². The maximum Gasteiger partial charge on any atom is 0.254 e. The zero-order valence-electron chi connectivity index (χ0n) is 14.4. The van der Waals surface area contributed by atoms with E-state index < -0.39 is 0 Å². The molecule has 25 heavy (non-hydrogen) atoms. The van der Waals surface area contributed by atoms with Crippen LogP contribution in [0.5, 0.6) is 0 Å². The molecule has 1 amide bonds. The fourth-order valence-electron chi connectivity index (χ4n) is 3.09. The molecule has 2 heterocycles. The standard InChI is InChI=1S/C18H21FN4O2/c1-12-16(18(25)21-13(2)20-12)11-17(24)23-9-7-22(8-10-23)15-5-3-14(19)4-6-15/h3-6H,7-11H2,1-2H3,(H,20,21,25). The minimum Gasteiger partial charge on any atom is -0.368 e. The fraction of sp³-hybridized carbons (Fsp3) is 0.389.